The molecule has 3 unspecified atom stereocenters. The van der Waals surface area contributed by atoms with E-state index in [2.05, 4.69) is 5.32 Å². The van der Waals surface area contributed by atoms with Crippen molar-refractivity contribution in [2.24, 2.45) is 5.41 Å². The van der Waals surface area contributed by atoms with Gasteiger partial charge in [-0.15, -0.1) is 0 Å². The van der Waals surface area contributed by atoms with Crippen molar-refractivity contribution >= 4 is 12.0 Å². The highest BCUT2D eigenvalue weighted by Gasteiger charge is 2.29. The monoisotopic (exact) mass is 300 g/mol. The van der Waals surface area contributed by atoms with E-state index in [0.29, 0.717) is 19.5 Å². The molecule has 2 amide bonds. The van der Waals surface area contributed by atoms with E-state index in [0.717, 1.165) is 0 Å². The lowest BCUT2D eigenvalue weighted by molar-refractivity contribution is -0.137. The summed E-state index contributed by atoms with van der Waals surface area (Å²) >= 11 is 0. The minimum absolute atomic E-state index is 0.0000369. The zero-order valence-corrected chi connectivity index (χ0v) is 13.7. The summed E-state index contributed by atoms with van der Waals surface area (Å²) in [5.41, 5.74) is -0.0427. The highest BCUT2D eigenvalue weighted by molar-refractivity contribution is 5.76. The number of carboxylic acid groups (broad SMARTS) is 1. The first-order valence-corrected chi connectivity index (χ1v) is 7.49. The normalized spacial score (nSPS) is 24.5. The molecule has 1 fully saturated rings. The number of carbonyl (C=O) groups excluding carboxylic acids is 1. The molecular weight excluding hydrogens is 272 g/mol. The fraction of sp³-hybridized carbons (Fsp3) is 0.867. The minimum atomic E-state index is -0.895. The number of aliphatic carboxylic acids is 1. The number of urea groups is 1. The molecule has 0 aliphatic carbocycles. The second-order valence-corrected chi connectivity index (χ2v) is 7.17. The van der Waals surface area contributed by atoms with Gasteiger partial charge in [0.05, 0.1) is 18.6 Å². The molecular formula is C15H28N2O4. The number of amides is 2. The van der Waals surface area contributed by atoms with E-state index in [4.69, 9.17) is 9.84 Å². The Kier molecular flexibility index (Phi) is 6.01. The predicted octanol–water partition coefficient (Wildman–Crippen LogP) is 2.08. The lowest BCUT2D eigenvalue weighted by atomic mass is 9.87. The number of hydrogen-bond donors (Lipinski definition) is 2. The average Bonchev–Trinajstić information content (AvgIpc) is 2.23. The van der Waals surface area contributed by atoms with Crippen molar-refractivity contribution in [2.75, 3.05) is 13.1 Å². The molecule has 0 spiro atoms. The number of hydrogen-bond acceptors (Lipinski definition) is 3. The topological polar surface area (TPSA) is 78.9 Å². The number of carboxylic acids is 1. The van der Waals surface area contributed by atoms with Crippen molar-refractivity contribution in [3.63, 3.8) is 0 Å². The maximum atomic E-state index is 12.3. The summed E-state index contributed by atoms with van der Waals surface area (Å²) in [5.74, 6) is -0.895. The Morgan fingerprint density at radius 1 is 1.29 bits per heavy atom. The number of rotatable bonds is 4. The first kappa shape index (κ1) is 17.8. The number of nitrogens with one attached hydrogen (secondary N) is 1. The molecule has 0 aromatic heterocycles. The molecule has 1 heterocycles. The largest absolute Gasteiger partial charge is 0.481 e. The smallest absolute Gasteiger partial charge is 0.317 e. The molecule has 122 valence electrons. The van der Waals surface area contributed by atoms with Crippen molar-refractivity contribution in [3.05, 3.63) is 0 Å². The van der Waals surface area contributed by atoms with Gasteiger partial charge in [0.15, 0.2) is 0 Å². The van der Waals surface area contributed by atoms with Crippen LogP contribution in [0, 0.1) is 5.41 Å². The quantitative estimate of drug-likeness (QED) is 0.833. The Morgan fingerprint density at radius 3 is 2.24 bits per heavy atom. The standard InChI is InChI=1S/C15H28N2O4/c1-10-8-17(9-11(2)21-10)14(20)16-12(6-13(18)19)7-15(3,4)5/h10-12H,6-9H2,1-5H3,(H,16,20)(H,18,19). The van der Waals surface area contributed by atoms with E-state index in [1.54, 1.807) is 4.90 Å². The van der Waals surface area contributed by atoms with Gasteiger partial charge in [-0.1, -0.05) is 20.8 Å². The molecule has 2 N–H and O–H groups in total. The summed E-state index contributed by atoms with van der Waals surface area (Å²) in [4.78, 5) is 25.0. The van der Waals surface area contributed by atoms with E-state index in [9.17, 15) is 9.59 Å². The fourth-order valence-electron chi connectivity index (χ4n) is 2.73. The summed E-state index contributed by atoms with van der Waals surface area (Å²) in [6, 6.07) is -0.559. The Balaban J connectivity index is 2.64. The van der Waals surface area contributed by atoms with Gasteiger partial charge < -0.3 is 20.1 Å². The van der Waals surface area contributed by atoms with Gasteiger partial charge in [-0.3, -0.25) is 4.79 Å². The van der Waals surface area contributed by atoms with Crippen LogP contribution in [0.1, 0.15) is 47.5 Å². The van der Waals surface area contributed by atoms with Gasteiger partial charge in [0.1, 0.15) is 0 Å². The molecule has 6 heteroatoms. The Bertz CT molecular complexity index is 368. The van der Waals surface area contributed by atoms with Crippen molar-refractivity contribution in [2.45, 2.75) is 65.7 Å². The van der Waals surface area contributed by atoms with Gasteiger partial charge >= 0.3 is 12.0 Å². The van der Waals surface area contributed by atoms with Crippen molar-refractivity contribution in [1.29, 1.82) is 0 Å². The number of morpholine rings is 1. The molecule has 3 atom stereocenters. The second kappa shape index (κ2) is 7.11. The van der Waals surface area contributed by atoms with Gasteiger partial charge in [0, 0.05) is 19.1 Å². The summed E-state index contributed by atoms with van der Waals surface area (Å²) in [6.07, 6.45) is 0.568. The van der Waals surface area contributed by atoms with Crippen molar-refractivity contribution < 1.29 is 19.4 Å². The van der Waals surface area contributed by atoms with Crippen molar-refractivity contribution in [3.8, 4) is 0 Å². The molecule has 1 aliphatic rings. The molecule has 0 aromatic carbocycles. The highest BCUT2D eigenvalue weighted by Crippen LogP contribution is 2.22. The van der Waals surface area contributed by atoms with E-state index in [1.807, 2.05) is 34.6 Å². The number of carbonyl (C=O) groups is 2. The van der Waals surface area contributed by atoms with Crippen LogP contribution >= 0.6 is 0 Å². The first-order valence-electron chi connectivity index (χ1n) is 7.49. The van der Waals surface area contributed by atoms with Crippen LogP contribution in [0.5, 0.6) is 0 Å². The average molecular weight is 300 g/mol. The van der Waals surface area contributed by atoms with E-state index in [1.165, 1.54) is 0 Å². The summed E-state index contributed by atoms with van der Waals surface area (Å²) in [7, 11) is 0. The SMILES string of the molecule is CC1CN(C(=O)NC(CC(=O)O)CC(C)(C)C)CC(C)O1. The van der Waals surface area contributed by atoms with Gasteiger partial charge in [0.2, 0.25) is 0 Å². The molecule has 0 bridgehead atoms. The van der Waals surface area contributed by atoms with Crippen LogP contribution in [-0.2, 0) is 9.53 Å². The third-order valence-electron chi connectivity index (χ3n) is 3.31. The van der Waals surface area contributed by atoms with Crippen LogP contribution in [0.4, 0.5) is 4.79 Å². The Morgan fingerprint density at radius 2 is 1.81 bits per heavy atom. The van der Waals surface area contributed by atoms with Crippen LogP contribution < -0.4 is 5.32 Å². The third kappa shape index (κ3) is 6.80. The second-order valence-electron chi connectivity index (χ2n) is 7.17. The Hall–Kier alpha value is -1.30. The predicted molar refractivity (Wildman–Crippen MR) is 80.2 cm³/mol. The van der Waals surface area contributed by atoms with Crippen LogP contribution in [0.15, 0.2) is 0 Å². The van der Waals surface area contributed by atoms with E-state index in [-0.39, 0.29) is 36.1 Å². The lowest BCUT2D eigenvalue weighted by Crippen LogP contribution is -2.54. The first-order chi connectivity index (χ1) is 9.56. The fourth-order valence-corrected chi connectivity index (χ4v) is 2.73. The van der Waals surface area contributed by atoms with E-state index >= 15 is 0 Å². The Labute approximate surface area is 126 Å². The van der Waals surface area contributed by atoms with Gasteiger partial charge in [0.25, 0.3) is 0 Å². The summed E-state index contributed by atoms with van der Waals surface area (Å²) < 4.78 is 5.60. The molecule has 6 nitrogen and oxygen atoms in total. The molecule has 21 heavy (non-hydrogen) atoms. The lowest BCUT2D eigenvalue weighted by Gasteiger charge is -2.36. The van der Waals surface area contributed by atoms with Crippen molar-refractivity contribution in [1.82, 2.24) is 10.2 Å². The van der Waals surface area contributed by atoms with Crippen LogP contribution in [0.3, 0.4) is 0 Å². The molecule has 0 saturated carbocycles. The summed E-state index contributed by atoms with van der Waals surface area (Å²) in [5, 5.41) is 11.9. The van der Waals surface area contributed by atoms with Gasteiger partial charge in [-0.05, 0) is 25.7 Å². The molecule has 1 rings (SSSR count). The molecule has 1 saturated heterocycles. The summed E-state index contributed by atoms with van der Waals surface area (Å²) in [6.45, 7) is 11.0. The third-order valence-corrected chi connectivity index (χ3v) is 3.31. The number of nitrogens with zero attached hydrogens (tertiary/aromatic N) is 1. The molecule has 1 aliphatic heterocycles. The van der Waals surface area contributed by atoms with Crippen LogP contribution in [-0.4, -0.2) is 53.3 Å². The zero-order chi connectivity index (χ0) is 16.2. The molecule has 0 aromatic rings. The van der Waals surface area contributed by atoms with Crippen LogP contribution in [0.25, 0.3) is 0 Å². The maximum absolute atomic E-state index is 12.3. The van der Waals surface area contributed by atoms with E-state index < -0.39 is 5.97 Å². The van der Waals surface area contributed by atoms with Gasteiger partial charge in [-0.2, -0.15) is 0 Å². The zero-order valence-electron chi connectivity index (χ0n) is 13.7. The van der Waals surface area contributed by atoms with Gasteiger partial charge in [-0.25, -0.2) is 4.79 Å². The molecule has 0 radical (unpaired) electrons. The minimum Gasteiger partial charge on any atom is -0.481 e. The number of ether oxygens (including phenoxy) is 1. The van der Waals surface area contributed by atoms with Crippen LogP contribution in [0.2, 0.25) is 0 Å². The highest BCUT2D eigenvalue weighted by atomic mass is 16.5. The maximum Gasteiger partial charge on any atom is 0.317 e.